The minimum Gasteiger partial charge on any atom is -0.431 e. The molecule has 0 saturated carbocycles. The zero-order chi connectivity index (χ0) is 10.9. The molecule has 1 aromatic rings. The third-order valence-corrected chi connectivity index (χ3v) is 2.51. The van der Waals surface area contributed by atoms with Crippen LogP contribution in [0.15, 0.2) is 29.6 Å². The van der Waals surface area contributed by atoms with E-state index >= 15 is 0 Å². The smallest absolute Gasteiger partial charge is 0.429 e. The molecule has 0 radical (unpaired) electrons. The first-order valence-corrected chi connectivity index (χ1v) is 4.57. The van der Waals surface area contributed by atoms with Crippen molar-refractivity contribution in [1.82, 2.24) is 10.4 Å². The summed E-state index contributed by atoms with van der Waals surface area (Å²) in [5.74, 6) is 0. The molecular weight excluding hydrogens is 230 g/mol. The number of aromatic nitrogens is 1. The Bertz CT molecular complexity index is 421. The number of nitrogens with one attached hydrogen (secondary N) is 1. The van der Waals surface area contributed by atoms with Crippen LogP contribution in [0.3, 0.4) is 0 Å². The zero-order valence-corrected chi connectivity index (χ0v) is 9.75. The number of pyridine rings is 1. The van der Waals surface area contributed by atoms with E-state index < -0.39 is 11.7 Å². The van der Waals surface area contributed by atoms with Crippen molar-refractivity contribution < 1.29 is 9.53 Å². The van der Waals surface area contributed by atoms with Crippen LogP contribution in [0.1, 0.15) is 19.4 Å². The summed E-state index contributed by atoms with van der Waals surface area (Å²) in [6.07, 6.45) is 2.78. The van der Waals surface area contributed by atoms with Crippen molar-refractivity contribution in [2.24, 2.45) is 5.10 Å². The molecule has 1 amide bonds. The Hall–Kier alpha value is -1.62. The van der Waals surface area contributed by atoms with E-state index in [-0.39, 0.29) is 12.4 Å². The van der Waals surface area contributed by atoms with Gasteiger partial charge in [0.15, 0.2) is 5.60 Å². The van der Waals surface area contributed by atoms with Crippen LogP contribution in [0.2, 0.25) is 0 Å². The normalized spacial score (nSPS) is 23.6. The number of carbonyl (C=O) groups excluding carboxylic acids is 1. The Balaban J connectivity index is 0.00000128. The molecule has 5 nitrogen and oxygen atoms in total. The van der Waals surface area contributed by atoms with Crippen LogP contribution in [0.25, 0.3) is 0 Å². The quantitative estimate of drug-likeness (QED) is 0.816. The Labute approximate surface area is 99.3 Å². The number of cyclic esters (lactones) is 1. The van der Waals surface area contributed by atoms with Gasteiger partial charge in [-0.05, 0) is 19.9 Å². The summed E-state index contributed by atoms with van der Waals surface area (Å²) in [4.78, 5) is 15.1. The van der Waals surface area contributed by atoms with Crippen LogP contribution in [0.4, 0.5) is 4.79 Å². The van der Waals surface area contributed by atoms with E-state index in [2.05, 4.69) is 15.5 Å². The maximum absolute atomic E-state index is 11.1. The number of hydrazone groups is 1. The Morgan fingerprint density at radius 2 is 2.25 bits per heavy atom. The zero-order valence-electron chi connectivity index (χ0n) is 8.93. The van der Waals surface area contributed by atoms with E-state index in [4.69, 9.17) is 4.74 Å². The van der Waals surface area contributed by atoms with Crippen LogP contribution in [0, 0.1) is 0 Å². The highest BCUT2D eigenvalue weighted by Crippen LogP contribution is 2.28. The Morgan fingerprint density at radius 1 is 1.50 bits per heavy atom. The molecule has 0 aliphatic carbocycles. The van der Waals surface area contributed by atoms with E-state index in [1.54, 1.807) is 32.3 Å². The maximum Gasteiger partial charge on any atom is 0.429 e. The lowest BCUT2D eigenvalue weighted by molar-refractivity contribution is 0.0624. The monoisotopic (exact) mass is 241 g/mol. The van der Waals surface area contributed by atoms with Gasteiger partial charge in [-0.2, -0.15) is 5.10 Å². The summed E-state index contributed by atoms with van der Waals surface area (Å²) in [6.45, 7) is 3.59. The third kappa shape index (κ3) is 1.99. The molecule has 2 rings (SSSR count). The number of carbonyl (C=O) groups is 1. The van der Waals surface area contributed by atoms with Gasteiger partial charge < -0.3 is 4.74 Å². The van der Waals surface area contributed by atoms with E-state index in [1.165, 1.54) is 0 Å². The van der Waals surface area contributed by atoms with Crippen LogP contribution in [0.5, 0.6) is 0 Å². The minimum atomic E-state index is -0.823. The molecule has 2 heterocycles. The molecule has 1 aliphatic heterocycles. The fraction of sp³-hybridized carbons (Fsp3) is 0.300. The first kappa shape index (κ1) is 12.4. The van der Waals surface area contributed by atoms with Gasteiger partial charge in [0.1, 0.15) is 0 Å². The van der Waals surface area contributed by atoms with Gasteiger partial charge in [-0.15, -0.1) is 12.4 Å². The van der Waals surface area contributed by atoms with Gasteiger partial charge in [0.25, 0.3) is 0 Å². The average Bonchev–Trinajstić information content (AvgIpc) is 2.25. The largest absolute Gasteiger partial charge is 0.431 e. The number of nitrogens with zero attached hydrogens (tertiary/aromatic N) is 2. The second-order valence-electron chi connectivity index (χ2n) is 3.47. The van der Waals surface area contributed by atoms with Gasteiger partial charge >= 0.3 is 6.09 Å². The molecule has 0 saturated heterocycles. The lowest BCUT2D eigenvalue weighted by atomic mass is 9.92. The summed E-state index contributed by atoms with van der Waals surface area (Å²) < 4.78 is 5.25. The van der Waals surface area contributed by atoms with Crippen LogP contribution >= 0.6 is 12.4 Å². The molecule has 1 N–H and O–H groups in total. The third-order valence-electron chi connectivity index (χ3n) is 2.51. The van der Waals surface area contributed by atoms with Crippen molar-refractivity contribution in [1.29, 1.82) is 0 Å². The molecular formula is C10H12ClN3O2. The fourth-order valence-electron chi connectivity index (χ4n) is 1.43. The highest BCUT2D eigenvalue weighted by Gasteiger charge is 2.37. The molecule has 6 heteroatoms. The number of amides is 1. The highest BCUT2D eigenvalue weighted by atomic mass is 35.5. The van der Waals surface area contributed by atoms with E-state index in [9.17, 15) is 4.79 Å². The lowest BCUT2D eigenvalue weighted by Crippen LogP contribution is -2.44. The molecule has 0 fully saturated rings. The topological polar surface area (TPSA) is 63.6 Å². The molecule has 0 bridgehead atoms. The fourth-order valence-corrected chi connectivity index (χ4v) is 1.43. The summed E-state index contributed by atoms with van der Waals surface area (Å²) in [6, 6.07) is 3.65. The number of hydrogen-bond acceptors (Lipinski definition) is 4. The first-order chi connectivity index (χ1) is 7.13. The van der Waals surface area contributed by atoms with E-state index in [0.29, 0.717) is 5.71 Å². The van der Waals surface area contributed by atoms with E-state index in [1.807, 2.05) is 6.07 Å². The highest BCUT2D eigenvalue weighted by molar-refractivity contribution is 5.95. The molecule has 86 valence electrons. The Kier molecular flexibility index (Phi) is 3.49. The van der Waals surface area contributed by atoms with E-state index in [0.717, 1.165) is 5.56 Å². The van der Waals surface area contributed by atoms with Crippen LogP contribution in [-0.4, -0.2) is 16.8 Å². The number of ether oxygens (including phenoxy) is 1. The van der Waals surface area contributed by atoms with Crippen molar-refractivity contribution in [2.45, 2.75) is 19.4 Å². The molecule has 1 unspecified atom stereocenters. The molecule has 1 atom stereocenters. The molecule has 0 spiro atoms. The summed E-state index contributed by atoms with van der Waals surface area (Å²) >= 11 is 0. The minimum absolute atomic E-state index is 0. The SMILES string of the molecule is CC1=NNC(=O)OC1(C)c1cccnc1.Cl. The molecule has 1 aliphatic rings. The molecule has 0 aromatic carbocycles. The molecule has 16 heavy (non-hydrogen) atoms. The van der Waals surface area contributed by atoms with Gasteiger partial charge in [-0.3, -0.25) is 4.98 Å². The van der Waals surface area contributed by atoms with Crippen molar-refractivity contribution in [3.63, 3.8) is 0 Å². The van der Waals surface area contributed by atoms with Crippen molar-refractivity contribution in [3.05, 3.63) is 30.1 Å². The average molecular weight is 242 g/mol. The Morgan fingerprint density at radius 3 is 2.88 bits per heavy atom. The second kappa shape index (κ2) is 4.49. The lowest BCUT2D eigenvalue weighted by Gasteiger charge is -2.32. The molecule has 1 aromatic heterocycles. The van der Waals surface area contributed by atoms with Crippen molar-refractivity contribution in [2.75, 3.05) is 0 Å². The van der Waals surface area contributed by atoms with Gasteiger partial charge in [0, 0.05) is 18.0 Å². The summed E-state index contributed by atoms with van der Waals surface area (Å²) in [5.41, 5.74) is 2.94. The van der Waals surface area contributed by atoms with Gasteiger partial charge in [0.2, 0.25) is 0 Å². The summed E-state index contributed by atoms with van der Waals surface area (Å²) in [5, 5.41) is 3.90. The van der Waals surface area contributed by atoms with Gasteiger partial charge in [-0.1, -0.05) is 6.07 Å². The standard InChI is InChI=1S/C10H11N3O2.ClH/c1-7-10(2,15-9(14)13-12-7)8-4-3-5-11-6-8;/h3-6H,1-2H3,(H,13,14);1H. The van der Waals surface area contributed by atoms with Crippen molar-refractivity contribution in [3.8, 4) is 0 Å². The van der Waals surface area contributed by atoms with Gasteiger partial charge in [0.05, 0.1) is 5.71 Å². The van der Waals surface area contributed by atoms with Gasteiger partial charge in [-0.25, -0.2) is 10.2 Å². The van der Waals surface area contributed by atoms with Crippen LogP contribution < -0.4 is 5.43 Å². The first-order valence-electron chi connectivity index (χ1n) is 4.57. The second-order valence-corrected chi connectivity index (χ2v) is 3.47. The number of hydrogen-bond donors (Lipinski definition) is 1. The van der Waals surface area contributed by atoms with Crippen LogP contribution in [-0.2, 0) is 10.3 Å². The predicted octanol–water partition coefficient (Wildman–Crippen LogP) is 1.83. The van der Waals surface area contributed by atoms with Crippen molar-refractivity contribution >= 4 is 24.2 Å². The summed E-state index contributed by atoms with van der Waals surface area (Å²) in [7, 11) is 0. The maximum atomic E-state index is 11.1. The number of rotatable bonds is 1. The number of halogens is 1. The predicted molar refractivity (Wildman–Crippen MR) is 61.6 cm³/mol.